The van der Waals surface area contributed by atoms with E-state index in [0.717, 1.165) is 11.1 Å². The topological polar surface area (TPSA) is 41.1 Å². The van der Waals surface area contributed by atoms with E-state index in [9.17, 15) is 9.18 Å². The number of rotatable bonds is 4. The van der Waals surface area contributed by atoms with Gasteiger partial charge in [0.15, 0.2) is 0 Å². The first-order valence-electron chi connectivity index (χ1n) is 5.78. The monoisotopic (exact) mass is 238 g/mol. The lowest BCUT2D eigenvalue weighted by Gasteiger charge is -2.11. The zero-order valence-electron chi connectivity index (χ0n) is 10.5. The number of hydrogen-bond donors (Lipinski definition) is 2. The van der Waals surface area contributed by atoms with E-state index in [2.05, 4.69) is 10.6 Å². The maximum atomic E-state index is 12.9. The molecule has 0 fully saturated rings. The minimum atomic E-state index is -0.225. The normalized spacial score (nSPS) is 10.4. The Balaban J connectivity index is 2.38. The number of amides is 2. The van der Waals surface area contributed by atoms with E-state index in [4.69, 9.17) is 0 Å². The highest BCUT2D eigenvalue weighted by atomic mass is 19.1. The van der Waals surface area contributed by atoms with Crippen molar-refractivity contribution >= 4 is 6.03 Å². The molecule has 0 bridgehead atoms. The van der Waals surface area contributed by atoms with Crippen LogP contribution in [0, 0.1) is 12.7 Å². The summed E-state index contributed by atoms with van der Waals surface area (Å²) >= 11 is 0. The minimum Gasteiger partial charge on any atom is -0.338 e. The average Bonchev–Trinajstić information content (AvgIpc) is 2.20. The lowest BCUT2D eigenvalue weighted by molar-refractivity contribution is 0.238. The van der Waals surface area contributed by atoms with Gasteiger partial charge in [0.05, 0.1) is 0 Å². The predicted octanol–water partition coefficient (Wildman–Crippen LogP) is 2.38. The highest BCUT2D eigenvalue weighted by molar-refractivity contribution is 5.74. The van der Waals surface area contributed by atoms with Gasteiger partial charge in [-0.2, -0.15) is 0 Å². The van der Waals surface area contributed by atoms with Gasteiger partial charge in [0, 0.05) is 12.6 Å². The Hall–Kier alpha value is -1.58. The van der Waals surface area contributed by atoms with E-state index in [1.165, 1.54) is 12.1 Å². The molecule has 0 spiro atoms. The number of hydrogen-bond acceptors (Lipinski definition) is 1. The Bertz CT molecular complexity index is 391. The largest absolute Gasteiger partial charge is 0.338 e. The molecule has 0 aliphatic rings. The van der Waals surface area contributed by atoms with Crippen molar-refractivity contribution in [2.75, 3.05) is 6.54 Å². The highest BCUT2D eigenvalue weighted by Gasteiger charge is 2.03. The molecule has 0 atom stereocenters. The van der Waals surface area contributed by atoms with Crippen LogP contribution < -0.4 is 10.6 Å². The molecule has 0 unspecified atom stereocenters. The van der Waals surface area contributed by atoms with Gasteiger partial charge in [0.2, 0.25) is 0 Å². The van der Waals surface area contributed by atoms with E-state index in [1.807, 2.05) is 20.8 Å². The van der Waals surface area contributed by atoms with Crippen LogP contribution in [0.3, 0.4) is 0 Å². The second-order valence-corrected chi connectivity index (χ2v) is 4.38. The molecule has 0 radical (unpaired) electrons. The molecule has 1 rings (SSSR count). The highest BCUT2D eigenvalue weighted by Crippen LogP contribution is 2.10. The molecule has 0 saturated heterocycles. The van der Waals surface area contributed by atoms with Crippen molar-refractivity contribution in [3.8, 4) is 0 Å². The fourth-order valence-electron chi connectivity index (χ4n) is 1.56. The van der Waals surface area contributed by atoms with Crippen LogP contribution in [0.2, 0.25) is 0 Å². The fraction of sp³-hybridized carbons (Fsp3) is 0.462. The summed E-state index contributed by atoms with van der Waals surface area (Å²) in [5, 5.41) is 5.50. The van der Waals surface area contributed by atoms with E-state index < -0.39 is 0 Å². The Morgan fingerprint density at radius 2 is 2.12 bits per heavy atom. The SMILES string of the molecule is Cc1cc(F)ccc1CCNC(=O)NC(C)C. The van der Waals surface area contributed by atoms with Crippen molar-refractivity contribution in [3.63, 3.8) is 0 Å². The van der Waals surface area contributed by atoms with E-state index in [-0.39, 0.29) is 17.9 Å². The third-order valence-corrected chi connectivity index (χ3v) is 2.40. The van der Waals surface area contributed by atoms with Crippen LogP contribution in [-0.2, 0) is 6.42 Å². The van der Waals surface area contributed by atoms with E-state index >= 15 is 0 Å². The van der Waals surface area contributed by atoms with Crippen molar-refractivity contribution in [1.29, 1.82) is 0 Å². The summed E-state index contributed by atoms with van der Waals surface area (Å²) in [7, 11) is 0. The molecule has 0 aromatic heterocycles. The zero-order chi connectivity index (χ0) is 12.8. The lowest BCUT2D eigenvalue weighted by Crippen LogP contribution is -2.40. The molecular formula is C13H19FN2O. The summed E-state index contributed by atoms with van der Waals surface area (Å²) in [5.41, 5.74) is 1.97. The lowest BCUT2D eigenvalue weighted by atomic mass is 10.1. The molecular weight excluding hydrogens is 219 g/mol. The average molecular weight is 238 g/mol. The Kier molecular flexibility index (Phi) is 4.94. The Morgan fingerprint density at radius 1 is 1.41 bits per heavy atom. The fourth-order valence-corrected chi connectivity index (χ4v) is 1.56. The molecule has 1 aromatic carbocycles. The van der Waals surface area contributed by atoms with Crippen LogP contribution in [-0.4, -0.2) is 18.6 Å². The van der Waals surface area contributed by atoms with Gasteiger partial charge in [-0.15, -0.1) is 0 Å². The molecule has 0 aliphatic carbocycles. The molecule has 0 heterocycles. The van der Waals surface area contributed by atoms with Crippen LogP contribution in [0.5, 0.6) is 0 Å². The van der Waals surface area contributed by atoms with Crippen molar-refractivity contribution < 1.29 is 9.18 Å². The first-order valence-corrected chi connectivity index (χ1v) is 5.78. The summed E-state index contributed by atoms with van der Waals surface area (Å²) in [4.78, 5) is 11.3. The van der Waals surface area contributed by atoms with Crippen LogP contribution >= 0.6 is 0 Å². The van der Waals surface area contributed by atoms with Gasteiger partial charge in [0.1, 0.15) is 5.82 Å². The first kappa shape index (κ1) is 13.5. The van der Waals surface area contributed by atoms with E-state index in [0.29, 0.717) is 13.0 Å². The summed E-state index contributed by atoms with van der Waals surface area (Å²) in [6.07, 6.45) is 0.706. The zero-order valence-corrected chi connectivity index (χ0v) is 10.5. The van der Waals surface area contributed by atoms with Gasteiger partial charge in [-0.3, -0.25) is 0 Å². The second kappa shape index (κ2) is 6.23. The van der Waals surface area contributed by atoms with Gasteiger partial charge in [-0.1, -0.05) is 6.07 Å². The Labute approximate surface area is 101 Å². The van der Waals surface area contributed by atoms with Gasteiger partial charge in [-0.05, 0) is 50.5 Å². The van der Waals surface area contributed by atoms with Crippen LogP contribution in [0.25, 0.3) is 0 Å². The number of urea groups is 1. The number of aryl methyl sites for hydroxylation is 1. The summed E-state index contributed by atoms with van der Waals surface area (Å²) < 4.78 is 12.9. The van der Waals surface area contributed by atoms with Gasteiger partial charge in [0.25, 0.3) is 0 Å². The van der Waals surface area contributed by atoms with Gasteiger partial charge < -0.3 is 10.6 Å². The molecule has 94 valence electrons. The summed E-state index contributed by atoms with van der Waals surface area (Å²) in [6, 6.07) is 4.66. The maximum Gasteiger partial charge on any atom is 0.314 e. The third kappa shape index (κ3) is 4.85. The Morgan fingerprint density at radius 3 is 2.71 bits per heavy atom. The van der Waals surface area contributed by atoms with Crippen LogP contribution in [0.15, 0.2) is 18.2 Å². The number of carbonyl (C=O) groups is 1. The number of nitrogens with one attached hydrogen (secondary N) is 2. The number of benzene rings is 1. The summed E-state index contributed by atoms with van der Waals surface area (Å²) in [6.45, 7) is 6.23. The standard InChI is InChI=1S/C13H19FN2O/c1-9(2)16-13(17)15-7-6-11-4-5-12(14)8-10(11)3/h4-5,8-9H,6-7H2,1-3H3,(H2,15,16,17). The molecule has 2 amide bonds. The summed E-state index contributed by atoms with van der Waals surface area (Å²) in [5.74, 6) is -0.225. The molecule has 3 nitrogen and oxygen atoms in total. The second-order valence-electron chi connectivity index (χ2n) is 4.38. The van der Waals surface area contributed by atoms with Crippen molar-refractivity contribution in [2.24, 2.45) is 0 Å². The molecule has 2 N–H and O–H groups in total. The van der Waals surface area contributed by atoms with Crippen LogP contribution in [0.4, 0.5) is 9.18 Å². The van der Waals surface area contributed by atoms with Gasteiger partial charge >= 0.3 is 6.03 Å². The molecule has 4 heteroatoms. The van der Waals surface area contributed by atoms with Crippen LogP contribution in [0.1, 0.15) is 25.0 Å². The maximum absolute atomic E-state index is 12.9. The molecule has 1 aromatic rings. The molecule has 17 heavy (non-hydrogen) atoms. The van der Waals surface area contributed by atoms with Crippen molar-refractivity contribution in [3.05, 3.63) is 35.1 Å². The third-order valence-electron chi connectivity index (χ3n) is 2.40. The van der Waals surface area contributed by atoms with E-state index in [1.54, 1.807) is 6.07 Å². The quantitative estimate of drug-likeness (QED) is 0.830. The number of carbonyl (C=O) groups excluding carboxylic acids is 1. The number of halogens is 1. The molecule has 0 aliphatic heterocycles. The first-order chi connectivity index (χ1) is 7.99. The minimum absolute atomic E-state index is 0.127. The molecule has 0 saturated carbocycles. The van der Waals surface area contributed by atoms with Crippen molar-refractivity contribution in [1.82, 2.24) is 10.6 Å². The predicted molar refractivity (Wildman–Crippen MR) is 66.5 cm³/mol. The smallest absolute Gasteiger partial charge is 0.314 e. The van der Waals surface area contributed by atoms with Crippen molar-refractivity contribution in [2.45, 2.75) is 33.2 Å². The van der Waals surface area contributed by atoms with Gasteiger partial charge in [-0.25, -0.2) is 9.18 Å².